The SMILES string of the molecule is [Zn+][Br].[c-]1cccc(COC2CCCCC2)c1. The second kappa shape index (κ2) is 9.33. The number of ether oxygens (including phenoxy) is 1. The summed E-state index contributed by atoms with van der Waals surface area (Å²) in [5.41, 5.74) is 1.23. The molecule has 0 N–H and O–H groups in total. The Morgan fingerprint density at radius 3 is 2.69 bits per heavy atom. The number of benzene rings is 1. The summed E-state index contributed by atoms with van der Waals surface area (Å²) < 4.78 is 5.85. The Morgan fingerprint density at radius 1 is 1.31 bits per heavy atom. The molecule has 0 amide bonds. The largest absolute Gasteiger partial charge is 0.386 e. The topological polar surface area (TPSA) is 9.23 Å². The van der Waals surface area contributed by atoms with E-state index in [0.29, 0.717) is 6.10 Å². The Labute approximate surface area is 115 Å². The number of hydrogen-bond acceptors (Lipinski definition) is 1. The molecule has 16 heavy (non-hydrogen) atoms. The summed E-state index contributed by atoms with van der Waals surface area (Å²) in [5, 5.41) is 0. The molecule has 1 aliphatic rings. The Hall–Kier alpha value is 0.283. The first-order valence-corrected chi connectivity index (χ1v) is 12.7. The molecule has 3 heteroatoms. The van der Waals surface area contributed by atoms with Gasteiger partial charge in [0.15, 0.2) is 0 Å². The first-order valence-electron chi connectivity index (χ1n) is 5.78. The molecule has 1 aliphatic carbocycles. The fraction of sp³-hybridized carbons (Fsp3) is 0.538. The van der Waals surface area contributed by atoms with Crippen LogP contribution in [-0.4, -0.2) is 6.10 Å². The van der Waals surface area contributed by atoms with Gasteiger partial charge in [-0.3, -0.25) is 0 Å². The molecule has 0 heterocycles. The van der Waals surface area contributed by atoms with Crippen LogP contribution >= 0.6 is 13.6 Å². The van der Waals surface area contributed by atoms with Crippen LogP contribution in [0.2, 0.25) is 0 Å². The second-order valence-electron chi connectivity index (χ2n) is 3.98. The average molecular weight is 335 g/mol. The second-order valence-corrected chi connectivity index (χ2v) is 3.98. The summed E-state index contributed by atoms with van der Waals surface area (Å²) in [5.74, 6) is 0. The van der Waals surface area contributed by atoms with Gasteiger partial charge in [-0.25, -0.2) is 0 Å². The quantitative estimate of drug-likeness (QED) is 0.595. The number of hydrogen-bond donors (Lipinski definition) is 0. The fourth-order valence-electron chi connectivity index (χ4n) is 1.97. The molecular formula is C13H17BrOZn. The summed E-state index contributed by atoms with van der Waals surface area (Å²) in [6, 6.07) is 11.1. The van der Waals surface area contributed by atoms with E-state index in [1.54, 1.807) is 0 Å². The summed E-state index contributed by atoms with van der Waals surface area (Å²) >= 11 is 4.25. The molecule has 0 aliphatic heterocycles. The molecule has 0 spiro atoms. The van der Waals surface area contributed by atoms with Crippen molar-refractivity contribution in [2.75, 3.05) is 0 Å². The van der Waals surface area contributed by atoms with Crippen molar-refractivity contribution in [3.8, 4) is 0 Å². The molecule has 1 saturated carbocycles. The van der Waals surface area contributed by atoms with E-state index in [4.69, 9.17) is 4.74 Å². The maximum absolute atomic E-state index is 5.85. The first kappa shape index (κ1) is 14.3. The minimum absolute atomic E-state index is 0.504. The maximum atomic E-state index is 5.85. The van der Waals surface area contributed by atoms with E-state index in [0.717, 1.165) is 6.61 Å². The summed E-state index contributed by atoms with van der Waals surface area (Å²) in [4.78, 5) is 0. The Kier molecular flexibility index (Phi) is 8.36. The van der Waals surface area contributed by atoms with E-state index >= 15 is 0 Å². The van der Waals surface area contributed by atoms with Crippen molar-refractivity contribution in [2.45, 2.75) is 44.8 Å². The van der Waals surface area contributed by atoms with Gasteiger partial charge in [0.2, 0.25) is 0 Å². The van der Waals surface area contributed by atoms with Crippen LogP contribution < -0.4 is 0 Å². The first-order chi connectivity index (χ1) is 7.95. The normalized spacial score (nSPS) is 16.4. The molecule has 1 aromatic rings. The van der Waals surface area contributed by atoms with Crippen LogP contribution in [0, 0.1) is 6.07 Å². The van der Waals surface area contributed by atoms with Crippen molar-refractivity contribution >= 4 is 13.6 Å². The molecule has 0 atom stereocenters. The molecule has 1 nitrogen and oxygen atoms in total. The Morgan fingerprint density at radius 2 is 2.06 bits per heavy atom. The van der Waals surface area contributed by atoms with Gasteiger partial charge in [-0.05, 0) is 12.8 Å². The van der Waals surface area contributed by atoms with Crippen LogP contribution in [0.25, 0.3) is 0 Å². The zero-order chi connectivity index (χ0) is 11.6. The molecule has 0 bridgehead atoms. The monoisotopic (exact) mass is 332 g/mol. The van der Waals surface area contributed by atoms with Gasteiger partial charge in [-0.15, -0.1) is 5.56 Å². The van der Waals surface area contributed by atoms with Crippen LogP contribution in [0.15, 0.2) is 24.3 Å². The molecule has 0 unspecified atom stereocenters. The van der Waals surface area contributed by atoms with E-state index in [9.17, 15) is 0 Å². The van der Waals surface area contributed by atoms with Gasteiger partial charge in [-0.2, -0.15) is 30.3 Å². The van der Waals surface area contributed by atoms with E-state index in [-0.39, 0.29) is 0 Å². The predicted molar refractivity (Wildman–Crippen MR) is 65.9 cm³/mol. The summed E-state index contributed by atoms with van der Waals surface area (Å²) in [6.45, 7) is 0.752. The molecule has 0 saturated heterocycles. The van der Waals surface area contributed by atoms with Crippen LogP contribution in [0.4, 0.5) is 0 Å². The minimum Gasteiger partial charge on any atom is -0.386 e. The number of rotatable bonds is 3. The molecular weight excluding hydrogens is 317 g/mol. The van der Waals surface area contributed by atoms with E-state index in [1.807, 2.05) is 18.2 Å². The van der Waals surface area contributed by atoms with Gasteiger partial charge in [0.1, 0.15) is 0 Å². The fourth-order valence-corrected chi connectivity index (χ4v) is 1.97. The van der Waals surface area contributed by atoms with Crippen LogP contribution in [-0.2, 0) is 27.7 Å². The van der Waals surface area contributed by atoms with Crippen molar-refractivity contribution < 1.29 is 21.1 Å². The zero-order valence-electron chi connectivity index (χ0n) is 9.62. The number of halogens is 1. The maximum Gasteiger partial charge on any atom is 0.0565 e. The van der Waals surface area contributed by atoms with Gasteiger partial charge in [0, 0.05) is 6.61 Å². The van der Waals surface area contributed by atoms with Gasteiger partial charge < -0.3 is 4.74 Å². The van der Waals surface area contributed by atoms with E-state index in [1.165, 1.54) is 54.0 Å². The van der Waals surface area contributed by atoms with Gasteiger partial charge in [0.25, 0.3) is 0 Å². The third-order valence-corrected chi connectivity index (χ3v) is 2.81. The molecule has 84 valence electrons. The third kappa shape index (κ3) is 5.56. The summed E-state index contributed by atoms with van der Waals surface area (Å²) in [6.07, 6.45) is 7.06. The molecule has 2 rings (SSSR count). The predicted octanol–water partition coefficient (Wildman–Crippen LogP) is 4.18. The van der Waals surface area contributed by atoms with Crippen molar-refractivity contribution in [2.24, 2.45) is 0 Å². The van der Waals surface area contributed by atoms with Crippen molar-refractivity contribution in [1.82, 2.24) is 0 Å². The Balaban J connectivity index is 0.000000606. The standard InChI is InChI=1S/C13H17O.BrH.Zn/c1-3-7-12(8-4-1)11-14-13-9-5-2-6-10-13;;/h1,3,7-8,13H,2,5-6,9-11H2;1H;/q-1;;+2/p-1. The molecule has 1 fully saturated rings. The minimum atomic E-state index is 0.504. The summed E-state index contributed by atoms with van der Waals surface area (Å²) in [7, 11) is 0. The van der Waals surface area contributed by atoms with Gasteiger partial charge in [-0.1, -0.05) is 19.3 Å². The van der Waals surface area contributed by atoms with E-state index in [2.05, 4.69) is 25.8 Å². The van der Waals surface area contributed by atoms with Crippen LogP contribution in [0.1, 0.15) is 37.7 Å². The third-order valence-electron chi connectivity index (χ3n) is 2.81. The van der Waals surface area contributed by atoms with Crippen molar-refractivity contribution in [3.63, 3.8) is 0 Å². The van der Waals surface area contributed by atoms with Crippen LogP contribution in [0.5, 0.6) is 0 Å². The van der Waals surface area contributed by atoms with Crippen molar-refractivity contribution in [3.05, 3.63) is 35.9 Å². The van der Waals surface area contributed by atoms with E-state index < -0.39 is 0 Å². The molecule has 0 radical (unpaired) electrons. The van der Waals surface area contributed by atoms with Crippen LogP contribution in [0.3, 0.4) is 0 Å². The Bertz CT molecular complexity index is 260. The molecule has 1 aromatic carbocycles. The molecule has 0 aromatic heterocycles. The van der Waals surface area contributed by atoms with Gasteiger partial charge in [0.05, 0.1) is 6.10 Å². The zero-order valence-corrected chi connectivity index (χ0v) is 14.2. The average Bonchev–Trinajstić information content (AvgIpc) is 2.41. The smallest absolute Gasteiger partial charge is 0.0565 e. The van der Waals surface area contributed by atoms with Gasteiger partial charge >= 0.3 is 30.0 Å². The van der Waals surface area contributed by atoms with Crippen molar-refractivity contribution in [1.29, 1.82) is 0 Å².